The van der Waals surface area contributed by atoms with Gasteiger partial charge in [0.05, 0.1) is 16.6 Å². The van der Waals surface area contributed by atoms with Gasteiger partial charge in [0.2, 0.25) is 5.91 Å². The zero-order chi connectivity index (χ0) is 15.5. The summed E-state index contributed by atoms with van der Waals surface area (Å²) >= 11 is 6.61. The Balaban J connectivity index is 1.69. The summed E-state index contributed by atoms with van der Waals surface area (Å²) in [6.07, 6.45) is 2.39. The number of nitrogens with one attached hydrogen (secondary N) is 1. The number of halogens is 1. The fraction of sp³-hybridized carbons (Fsp3) is 0.125. The van der Waals surface area contributed by atoms with Gasteiger partial charge < -0.3 is 5.32 Å². The fourth-order valence-corrected chi connectivity index (χ4v) is 3.89. The maximum atomic E-state index is 12.1. The molecule has 1 amide bonds. The smallest absolute Gasteiger partial charge is 0.230 e. The molecule has 1 N–H and O–H groups in total. The van der Waals surface area contributed by atoms with E-state index in [1.807, 2.05) is 48.7 Å². The van der Waals surface area contributed by atoms with Crippen LogP contribution in [0.5, 0.6) is 0 Å². The maximum absolute atomic E-state index is 12.1. The van der Waals surface area contributed by atoms with Crippen LogP contribution in [0.1, 0.15) is 5.56 Å². The van der Waals surface area contributed by atoms with E-state index >= 15 is 0 Å². The summed E-state index contributed by atoms with van der Waals surface area (Å²) in [4.78, 5) is 17.7. The summed E-state index contributed by atoms with van der Waals surface area (Å²) in [5, 5.41) is 3.51. The highest BCUT2D eigenvalue weighted by Gasteiger charge is 2.09. The van der Waals surface area contributed by atoms with Crippen molar-refractivity contribution in [3.63, 3.8) is 0 Å². The molecular weight excluding hydrogens is 380 g/mol. The van der Waals surface area contributed by atoms with Crippen LogP contribution in [0.4, 0.5) is 5.13 Å². The fourth-order valence-electron chi connectivity index (χ4n) is 2.04. The molecule has 0 atom stereocenters. The highest BCUT2D eigenvalue weighted by atomic mass is 79.9. The van der Waals surface area contributed by atoms with Crippen molar-refractivity contribution in [3.05, 3.63) is 52.5 Å². The molecule has 1 aromatic heterocycles. The molecule has 0 unspecified atom stereocenters. The van der Waals surface area contributed by atoms with Gasteiger partial charge in [-0.2, -0.15) is 0 Å². The lowest BCUT2D eigenvalue weighted by molar-refractivity contribution is -0.115. The molecule has 6 heteroatoms. The lowest BCUT2D eigenvalue weighted by Crippen LogP contribution is -2.14. The first kappa shape index (κ1) is 15.5. The normalized spacial score (nSPS) is 10.8. The van der Waals surface area contributed by atoms with Crippen molar-refractivity contribution in [2.24, 2.45) is 0 Å². The Bertz CT molecular complexity index is 815. The summed E-state index contributed by atoms with van der Waals surface area (Å²) in [5.41, 5.74) is 1.90. The zero-order valence-electron chi connectivity index (χ0n) is 11.8. The summed E-state index contributed by atoms with van der Waals surface area (Å²) in [5.74, 6) is -0.0463. The number of amides is 1. The summed E-state index contributed by atoms with van der Waals surface area (Å²) < 4.78 is 2.06. The van der Waals surface area contributed by atoms with Gasteiger partial charge in [-0.05, 0) is 42.2 Å². The van der Waals surface area contributed by atoms with E-state index in [1.54, 1.807) is 11.8 Å². The van der Waals surface area contributed by atoms with Crippen LogP contribution in [0.15, 0.2) is 51.8 Å². The molecule has 0 bridgehead atoms. The second-order valence-electron chi connectivity index (χ2n) is 4.70. The van der Waals surface area contributed by atoms with E-state index in [4.69, 9.17) is 0 Å². The molecule has 0 spiro atoms. The Labute approximate surface area is 145 Å². The van der Waals surface area contributed by atoms with Crippen LogP contribution in [0.2, 0.25) is 0 Å². The van der Waals surface area contributed by atoms with Crippen molar-refractivity contribution in [1.29, 1.82) is 0 Å². The Morgan fingerprint density at radius 2 is 2.05 bits per heavy atom. The SMILES string of the molecule is CSc1ccc(CC(=O)Nc2nc3ccc(Br)cc3s2)cc1. The van der Waals surface area contributed by atoms with E-state index in [1.165, 1.54) is 16.2 Å². The Hall–Kier alpha value is -1.37. The molecule has 22 heavy (non-hydrogen) atoms. The van der Waals surface area contributed by atoms with Crippen LogP contribution >= 0.6 is 39.0 Å². The number of nitrogens with zero attached hydrogens (tertiary/aromatic N) is 1. The van der Waals surface area contributed by atoms with Gasteiger partial charge in [0, 0.05) is 9.37 Å². The van der Waals surface area contributed by atoms with Crippen molar-refractivity contribution < 1.29 is 4.79 Å². The molecule has 0 radical (unpaired) electrons. The molecule has 112 valence electrons. The van der Waals surface area contributed by atoms with E-state index < -0.39 is 0 Å². The lowest BCUT2D eigenvalue weighted by Gasteiger charge is -2.03. The highest BCUT2D eigenvalue weighted by molar-refractivity contribution is 9.10. The number of carbonyl (C=O) groups is 1. The van der Waals surface area contributed by atoms with Crippen molar-refractivity contribution in [1.82, 2.24) is 4.98 Å². The third-order valence-electron chi connectivity index (χ3n) is 3.12. The minimum atomic E-state index is -0.0463. The van der Waals surface area contributed by atoms with Crippen LogP contribution in [-0.4, -0.2) is 17.1 Å². The minimum Gasteiger partial charge on any atom is -0.302 e. The largest absolute Gasteiger partial charge is 0.302 e. The molecular formula is C16H13BrN2OS2. The van der Waals surface area contributed by atoms with Gasteiger partial charge in [-0.3, -0.25) is 4.79 Å². The van der Waals surface area contributed by atoms with Crippen molar-refractivity contribution in [3.8, 4) is 0 Å². The van der Waals surface area contributed by atoms with Crippen molar-refractivity contribution in [2.45, 2.75) is 11.3 Å². The number of benzene rings is 2. The molecule has 0 aliphatic rings. The van der Waals surface area contributed by atoms with Crippen LogP contribution in [0, 0.1) is 0 Å². The molecule has 3 aromatic rings. The standard InChI is InChI=1S/C16H13BrN2OS2/c1-21-12-5-2-10(3-6-12)8-15(20)19-16-18-13-7-4-11(17)9-14(13)22-16/h2-7,9H,8H2,1H3,(H,18,19,20). The minimum absolute atomic E-state index is 0.0463. The van der Waals surface area contributed by atoms with Crippen LogP contribution in [0.3, 0.4) is 0 Å². The Morgan fingerprint density at radius 3 is 2.77 bits per heavy atom. The summed E-state index contributed by atoms with van der Waals surface area (Å²) in [6, 6.07) is 13.9. The number of rotatable bonds is 4. The summed E-state index contributed by atoms with van der Waals surface area (Å²) in [6.45, 7) is 0. The van der Waals surface area contributed by atoms with Gasteiger partial charge in [0.25, 0.3) is 0 Å². The van der Waals surface area contributed by atoms with Gasteiger partial charge in [0.15, 0.2) is 5.13 Å². The Kier molecular flexibility index (Phi) is 4.81. The lowest BCUT2D eigenvalue weighted by atomic mass is 10.1. The number of thioether (sulfide) groups is 1. The third kappa shape index (κ3) is 3.69. The predicted octanol–water partition coefficient (Wildman–Crippen LogP) is 4.96. The number of thiazole rings is 1. The van der Waals surface area contributed by atoms with Crippen LogP contribution < -0.4 is 5.32 Å². The first-order chi connectivity index (χ1) is 10.6. The molecule has 0 aliphatic heterocycles. The first-order valence-electron chi connectivity index (χ1n) is 6.63. The maximum Gasteiger partial charge on any atom is 0.230 e. The zero-order valence-corrected chi connectivity index (χ0v) is 15.0. The van der Waals surface area contributed by atoms with Gasteiger partial charge in [0.1, 0.15) is 0 Å². The Morgan fingerprint density at radius 1 is 1.27 bits per heavy atom. The third-order valence-corrected chi connectivity index (χ3v) is 5.29. The van der Waals surface area contributed by atoms with Gasteiger partial charge in [-0.25, -0.2) is 4.98 Å². The average Bonchev–Trinajstić information content (AvgIpc) is 2.89. The van der Waals surface area contributed by atoms with Gasteiger partial charge in [-0.15, -0.1) is 11.8 Å². The van der Waals surface area contributed by atoms with E-state index in [2.05, 4.69) is 26.2 Å². The number of anilines is 1. The van der Waals surface area contributed by atoms with Crippen molar-refractivity contribution in [2.75, 3.05) is 11.6 Å². The van der Waals surface area contributed by atoms with E-state index in [0.29, 0.717) is 11.6 Å². The van der Waals surface area contributed by atoms with Gasteiger partial charge in [-0.1, -0.05) is 39.4 Å². The molecule has 0 saturated carbocycles. The quantitative estimate of drug-likeness (QED) is 0.637. The van der Waals surface area contributed by atoms with E-state index in [-0.39, 0.29) is 5.91 Å². The number of aromatic nitrogens is 1. The molecule has 0 fully saturated rings. The molecule has 0 aliphatic carbocycles. The molecule has 1 heterocycles. The number of carbonyl (C=O) groups excluding carboxylic acids is 1. The molecule has 3 nitrogen and oxygen atoms in total. The molecule has 2 aromatic carbocycles. The predicted molar refractivity (Wildman–Crippen MR) is 97.9 cm³/mol. The summed E-state index contributed by atoms with van der Waals surface area (Å²) in [7, 11) is 0. The van der Waals surface area contributed by atoms with E-state index in [9.17, 15) is 4.79 Å². The topological polar surface area (TPSA) is 42.0 Å². The van der Waals surface area contributed by atoms with Crippen LogP contribution in [-0.2, 0) is 11.2 Å². The van der Waals surface area contributed by atoms with Gasteiger partial charge >= 0.3 is 0 Å². The number of hydrogen-bond donors (Lipinski definition) is 1. The van der Waals surface area contributed by atoms with Crippen LogP contribution in [0.25, 0.3) is 10.2 Å². The number of hydrogen-bond acceptors (Lipinski definition) is 4. The second kappa shape index (κ2) is 6.81. The van der Waals surface area contributed by atoms with Crippen molar-refractivity contribution >= 4 is 60.3 Å². The average molecular weight is 393 g/mol. The molecule has 3 rings (SSSR count). The first-order valence-corrected chi connectivity index (χ1v) is 9.46. The number of fused-ring (bicyclic) bond motifs is 1. The van der Waals surface area contributed by atoms with E-state index in [0.717, 1.165) is 20.3 Å². The monoisotopic (exact) mass is 392 g/mol. The highest BCUT2D eigenvalue weighted by Crippen LogP contribution is 2.28. The second-order valence-corrected chi connectivity index (χ2v) is 7.53. The molecule has 0 saturated heterocycles.